The number of esters is 1. The highest BCUT2D eigenvalue weighted by atomic mass is 19.1. The zero-order chi connectivity index (χ0) is 29.7. The SMILES string of the molecule is C#CCC(CC#C)COC(=O)OC(C)OC(=O)c1cn(C2CC2)c2c(OC)c(C3CC[NH2+]C(C)C3)c(F)cc2c1=O. The zero-order valence-corrected chi connectivity index (χ0v) is 23.6. The van der Waals surface area contributed by atoms with Crippen LogP contribution in [0.2, 0.25) is 0 Å². The third-order valence-electron chi connectivity index (χ3n) is 7.56. The molecular formula is C31H36FN2O7+. The average Bonchev–Trinajstić information content (AvgIpc) is 3.77. The highest BCUT2D eigenvalue weighted by Crippen LogP contribution is 2.44. The summed E-state index contributed by atoms with van der Waals surface area (Å²) >= 11 is 0. The van der Waals surface area contributed by atoms with Crippen LogP contribution in [-0.4, -0.2) is 49.3 Å². The number of nitrogens with zero attached hydrogens (tertiary/aromatic N) is 1. The van der Waals surface area contributed by atoms with Crippen molar-refractivity contribution in [2.24, 2.45) is 5.92 Å². The van der Waals surface area contributed by atoms with Crippen LogP contribution < -0.4 is 15.5 Å². The molecule has 0 bridgehead atoms. The van der Waals surface area contributed by atoms with Gasteiger partial charge in [-0.15, -0.1) is 24.7 Å². The molecule has 10 heteroatoms. The molecule has 1 aromatic heterocycles. The van der Waals surface area contributed by atoms with Crippen molar-refractivity contribution in [3.8, 4) is 30.4 Å². The number of rotatable bonds is 10. The smallest absolute Gasteiger partial charge is 0.494 e. The minimum absolute atomic E-state index is 0.0260. The number of piperidine rings is 1. The van der Waals surface area contributed by atoms with Gasteiger partial charge in [-0.05, 0) is 25.8 Å². The largest absolute Gasteiger partial charge is 0.511 e. The Hall–Kier alpha value is -4.02. The van der Waals surface area contributed by atoms with Crippen molar-refractivity contribution in [1.29, 1.82) is 0 Å². The zero-order valence-electron chi connectivity index (χ0n) is 23.6. The Labute approximate surface area is 238 Å². The molecule has 1 aliphatic heterocycles. The topological polar surface area (TPSA) is 110 Å². The van der Waals surface area contributed by atoms with Gasteiger partial charge in [-0.25, -0.2) is 14.0 Å². The highest BCUT2D eigenvalue weighted by Gasteiger charge is 2.34. The van der Waals surface area contributed by atoms with Gasteiger partial charge in [-0.1, -0.05) is 0 Å². The van der Waals surface area contributed by atoms with Gasteiger partial charge in [0.25, 0.3) is 0 Å². The highest BCUT2D eigenvalue weighted by molar-refractivity contribution is 5.96. The lowest BCUT2D eigenvalue weighted by molar-refractivity contribution is -0.695. The van der Waals surface area contributed by atoms with Crippen molar-refractivity contribution in [2.45, 2.75) is 76.7 Å². The molecule has 2 N–H and O–H groups in total. The minimum atomic E-state index is -1.36. The predicted octanol–water partition coefficient (Wildman–Crippen LogP) is 3.63. The third-order valence-corrected chi connectivity index (χ3v) is 7.56. The molecule has 1 aromatic carbocycles. The van der Waals surface area contributed by atoms with E-state index in [2.05, 4.69) is 24.1 Å². The molecule has 0 amide bonds. The van der Waals surface area contributed by atoms with Gasteiger partial charge < -0.3 is 28.8 Å². The first-order valence-corrected chi connectivity index (χ1v) is 13.9. The molecule has 0 spiro atoms. The second-order valence-electron chi connectivity index (χ2n) is 10.8. The maximum atomic E-state index is 15.7. The number of carbonyl (C=O) groups is 2. The summed E-state index contributed by atoms with van der Waals surface area (Å²) in [6, 6.07) is 1.57. The Morgan fingerprint density at radius 3 is 2.51 bits per heavy atom. The summed E-state index contributed by atoms with van der Waals surface area (Å²) in [5.74, 6) is 3.44. The summed E-state index contributed by atoms with van der Waals surface area (Å²) in [5.41, 5.74) is -0.0588. The normalized spacial score (nSPS) is 19.2. The Morgan fingerprint density at radius 2 is 1.90 bits per heavy atom. The van der Waals surface area contributed by atoms with Gasteiger partial charge in [-0.3, -0.25) is 4.79 Å². The van der Waals surface area contributed by atoms with Crippen molar-refractivity contribution in [3.05, 3.63) is 39.4 Å². The van der Waals surface area contributed by atoms with Crippen LogP contribution in [0.1, 0.15) is 80.3 Å². The van der Waals surface area contributed by atoms with Gasteiger partial charge in [0.15, 0.2) is 0 Å². The molecule has 1 saturated heterocycles. The van der Waals surface area contributed by atoms with Crippen LogP contribution in [0.4, 0.5) is 9.18 Å². The average molecular weight is 568 g/mol. The van der Waals surface area contributed by atoms with E-state index in [9.17, 15) is 14.4 Å². The Bertz CT molecular complexity index is 1430. The fraction of sp³-hybridized carbons (Fsp3) is 0.516. The number of halogens is 1. The molecule has 3 atom stereocenters. The van der Waals surface area contributed by atoms with E-state index in [0.717, 1.165) is 32.2 Å². The number of fused-ring (bicyclic) bond motifs is 1. The molecule has 2 aromatic rings. The van der Waals surface area contributed by atoms with Gasteiger partial charge in [0, 0.05) is 62.2 Å². The molecule has 2 fully saturated rings. The number of nitrogens with two attached hydrogens (primary N) is 1. The first kappa shape index (κ1) is 30.0. The second kappa shape index (κ2) is 13.1. The minimum Gasteiger partial charge on any atom is -0.494 e. The Kier molecular flexibility index (Phi) is 9.57. The summed E-state index contributed by atoms with van der Waals surface area (Å²) in [7, 11) is 1.47. The van der Waals surface area contributed by atoms with Crippen molar-refractivity contribution >= 4 is 23.0 Å². The molecule has 1 aliphatic carbocycles. The molecule has 9 nitrogen and oxygen atoms in total. The predicted molar refractivity (Wildman–Crippen MR) is 149 cm³/mol. The molecule has 0 radical (unpaired) electrons. The Balaban J connectivity index is 1.59. The van der Waals surface area contributed by atoms with Gasteiger partial charge in [0.2, 0.25) is 11.7 Å². The number of terminal acetylenes is 2. The third kappa shape index (κ3) is 6.83. The number of quaternary nitrogens is 1. The Morgan fingerprint density at radius 1 is 1.20 bits per heavy atom. The summed E-state index contributed by atoms with van der Waals surface area (Å²) < 4.78 is 38.5. The number of aromatic nitrogens is 1. The number of methoxy groups -OCH3 is 1. The molecule has 4 rings (SSSR count). The van der Waals surface area contributed by atoms with Crippen molar-refractivity contribution in [2.75, 3.05) is 20.3 Å². The number of benzene rings is 1. The molecule has 41 heavy (non-hydrogen) atoms. The number of pyridine rings is 1. The standard InChI is InChI=1S/C31H35FN2O7/c1-6-8-20(9-7-2)17-39-31(37)41-19(4)40-30(36)24-16-34(22-10-11-22)27-23(28(24)35)15-25(32)26(29(27)38-5)21-12-13-33-18(3)14-21/h1-2,15-16,18-22,33H,8-14,17H2,3-5H3/p+1. The summed E-state index contributed by atoms with van der Waals surface area (Å²) in [5, 5.41) is 2.26. The van der Waals surface area contributed by atoms with Crippen LogP contribution in [0.15, 0.2) is 17.1 Å². The van der Waals surface area contributed by atoms with Crippen LogP contribution in [0.5, 0.6) is 5.75 Å². The molecule has 218 valence electrons. The van der Waals surface area contributed by atoms with Crippen molar-refractivity contribution in [3.63, 3.8) is 0 Å². The molecule has 1 saturated carbocycles. The van der Waals surface area contributed by atoms with E-state index in [-0.39, 0.29) is 35.4 Å². The van der Waals surface area contributed by atoms with E-state index in [1.54, 1.807) is 0 Å². The first-order valence-electron chi connectivity index (χ1n) is 13.9. The van der Waals surface area contributed by atoms with E-state index >= 15 is 4.39 Å². The molecule has 2 aliphatic rings. The lowest BCUT2D eigenvalue weighted by Gasteiger charge is -2.28. The van der Waals surface area contributed by atoms with Gasteiger partial charge in [0.1, 0.15) is 17.1 Å². The fourth-order valence-corrected chi connectivity index (χ4v) is 5.47. The second-order valence-corrected chi connectivity index (χ2v) is 10.8. The number of carbonyl (C=O) groups excluding carboxylic acids is 2. The first-order chi connectivity index (χ1) is 19.7. The monoisotopic (exact) mass is 567 g/mol. The molecular weight excluding hydrogens is 531 g/mol. The summed E-state index contributed by atoms with van der Waals surface area (Å²) in [6.45, 7) is 4.24. The van der Waals surface area contributed by atoms with Crippen LogP contribution in [0.25, 0.3) is 10.9 Å². The van der Waals surface area contributed by atoms with Crippen molar-refractivity contribution in [1.82, 2.24) is 4.57 Å². The number of hydrogen-bond donors (Lipinski definition) is 1. The maximum absolute atomic E-state index is 15.7. The molecule has 2 heterocycles. The lowest BCUT2D eigenvalue weighted by atomic mass is 9.85. The quantitative estimate of drug-likeness (QED) is 0.265. The van der Waals surface area contributed by atoms with E-state index in [0.29, 0.717) is 35.7 Å². The van der Waals surface area contributed by atoms with Crippen LogP contribution in [-0.2, 0) is 14.2 Å². The maximum Gasteiger partial charge on any atom is 0.511 e. The van der Waals surface area contributed by atoms with Crippen LogP contribution in [0.3, 0.4) is 0 Å². The van der Waals surface area contributed by atoms with Gasteiger partial charge in [0.05, 0.1) is 37.2 Å². The van der Waals surface area contributed by atoms with E-state index in [4.69, 9.17) is 31.8 Å². The number of ether oxygens (including phenoxy) is 4. The van der Waals surface area contributed by atoms with Crippen LogP contribution >= 0.6 is 0 Å². The summed E-state index contributed by atoms with van der Waals surface area (Å²) in [4.78, 5) is 38.7. The van der Waals surface area contributed by atoms with Crippen molar-refractivity contribution < 1.29 is 38.2 Å². The van der Waals surface area contributed by atoms with E-state index in [1.165, 1.54) is 26.3 Å². The van der Waals surface area contributed by atoms with Crippen LogP contribution in [0, 0.1) is 36.4 Å². The lowest BCUT2D eigenvalue weighted by Crippen LogP contribution is -2.91. The number of hydrogen-bond acceptors (Lipinski definition) is 7. The fourth-order valence-electron chi connectivity index (χ4n) is 5.47. The van der Waals surface area contributed by atoms with E-state index in [1.807, 2.05) is 4.57 Å². The summed E-state index contributed by atoms with van der Waals surface area (Å²) in [6.07, 6.45) is 13.5. The van der Waals surface area contributed by atoms with Gasteiger partial charge >= 0.3 is 12.1 Å². The van der Waals surface area contributed by atoms with E-state index < -0.39 is 29.7 Å². The molecule has 3 unspecified atom stereocenters. The van der Waals surface area contributed by atoms with Gasteiger partial charge in [-0.2, -0.15) is 0 Å².